The quantitative estimate of drug-likeness (QED) is 0.737. The summed E-state index contributed by atoms with van der Waals surface area (Å²) in [5.41, 5.74) is 0. The van der Waals surface area contributed by atoms with Crippen LogP contribution in [0.2, 0.25) is 0 Å². The van der Waals surface area contributed by atoms with Gasteiger partial charge in [-0.05, 0) is 26.2 Å². The second-order valence-electron chi connectivity index (χ2n) is 5.95. The Balaban J connectivity index is 1.58. The summed E-state index contributed by atoms with van der Waals surface area (Å²) >= 11 is 1.22. The fourth-order valence-electron chi connectivity index (χ4n) is 2.51. The van der Waals surface area contributed by atoms with Crippen molar-refractivity contribution >= 4 is 27.5 Å². The Morgan fingerprint density at radius 2 is 2.09 bits per heavy atom. The minimum atomic E-state index is -3.00. The van der Waals surface area contributed by atoms with Gasteiger partial charge in [0, 0.05) is 19.0 Å². The summed E-state index contributed by atoms with van der Waals surface area (Å²) in [5.74, 6) is 1.14. The number of aromatic nitrogens is 2. The Hall–Kier alpha value is -1.09. The van der Waals surface area contributed by atoms with E-state index in [-0.39, 0.29) is 28.7 Å². The molecule has 1 aliphatic carbocycles. The Morgan fingerprint density at radius 3 is 2.68 bits per heavy atom. The van der Waals surface area contributed by atoms with E-state index in [1.54, 1.807) is 18.9 Å². The zero-order chi connectivity index (χ0) is 15.9. The fourth-order valence-corrected chi connectivity index (χ4v) is 5.08. The van der Waals surface area contributed by atoms with Crippen LogP contribution in [0.25, 0.3) is 0 Å². The number of sulfone groups is 1. The van der Waals surface area contributed by atoms with E-state index in [0.29, 0.717) is 23.5 Å². The summed E-state index contributed by atoms with van der Waals surface area (Å²) in [6.07, 6.45) is 2.67. The first-order valence-electron chi connectivity index (χ1n) is 7.33. The van der Waals surface area contributed by atoms with E-state index in [0.717, 1.165) is 12.8 Å². The van der Waals surface area contributed by atoms with Gasteiger partial charge in [0.15, 0.2) is 9.84 Å². The van der Waals surface area contributed by atoms with Crippen molar-refractivity contribution in [3.05, 3.63) is 5.89 Å². The SMILES string of the molecule is C[C@H](Sc1nnc(C2CC2)o1)C(=O)N(C)[C@@H]1CCS(=O)(=O)C1. The van der Waals surface area contributed by atoms with Gasteiger partial charge < -0.3 is 9.32 Å². The van der Waals surface area contributed by atoms with Gasteiger partial charge in [0.05, 0.1) is 16.8 Å². The molecule has 0 spiro atoms. The maximum Gasteiger partial charge on any atom is 0.277 e. The van der Waals surface area contributed by atoms with Crippen molar-refractivity contribution in [1.82, 2.24) is 15.1 Å². The molecule has 3 rings (SSSR count). The molecule has 9 heteroatoms. The van der Waals surface area contributed by atoms with Gasteiger partial charge in [-0.25, -0.2) is 8.42 Å². The summed E-state index contributed by atoms with van der Waals surface area (Å²) in [5, 5.41) is 7.96. The zero-order valence-electron chi connectivity index (χ0n) is 12.6. The van der Waals surface area contributed by atoms with E-state index in [4.69, 9.17) is 4.42 Å². The van der Waals surface area contributed by atoms with Crippen LogP contribution < -0.4 is 0 Å². The molecule has 2 fully saturated rings. The van der Waals surface area contributed by atoms with Gasteiger partial charge in [0.25, 0.3) is 5.22 Å². The lowest BCUT2D eigenvalue weighted by molar-refractivity contribution is -0.130. The van der Waals surface area contributed by atoms with E-state index >= 15 is 0 Å². The molecule has 1 aromatic rings. The van der Waals surface area contributed by atoms with Crippen LogP contribution >= 0.6 is 11.8 Å². The van der Waals surface area contributed by atoms with Gasteiger partial charge in [-0.2, -0.15) is 0 Å². The van der Waals surface area contributed by atoms with Crippen molar-refractivity contribution in [2.45, 2.75) is 48.6 Å². The molecular weight excluding hydrogens is 326 g/mol. The van der Waals surface area contributed by atoms with Crippen LogP contribution in [-0.2, 0) is 14.6 Å². The number of carbonyl (C=O) groups is 1. The van der Waals surface area contributed by atoms with Gasteiger partial charge in [-0.1, -0.05) is 11.8 Å². The highest BCUT2D eigenvalue weighted by molar-refractivity contribution is 8.00. The number of carbonyl (C=O) groups excluding carboxylic acids is 1. The third-order valence-corrected chi connectivity index (χ3v) is 6.75. The zero-order valence-corrected chi connectivity index (χ0v) is 14.2. The van der Waals surface area contributed by atoms with E-state index in [2.05, 4.69) is 10.2 Å². The predicted molar refractivity (Wildman–Crippen MR) is 81.4 cm³/mol. The molecule has 0 radical (unpaired) electrons. The van der Waals surface area contributed by atoms with Crippen LogP contribution in [0.4, 0.5) is 0 Å². The van der Waals surface area contributed by atoms with Gasteiger partial charge in [-0.15, -0.1) is 10.2 Å². The Bertz CT molecular complexity index is 669. The van der Waals surface area contributed by atoms with Crippen molar-refractivity contribution < 1.29 is 17.6 Å². The number of hydrogen-bond donors (Lipinski definition) is 0. The highest BCUT2D eigenvalue weighted by atomic mass is 32.2. The molecule has 2 aliphatic rings. The van der Waals surface area contributed by atoms with Crippen LogP contribution in [0.3, 0.4) is 0 Å². The molecule has 122 valence electrons. The molecule has 0 aromatic carbocycles. The minimum Gasteiger partial charge on any atom is -0.416 e. The molecule has 1 saturated heterocycles. The number of hydrogen-bond acceptors (Lipinski definition) is 7. The minimum absolute atomic E-state index is 0.0546. The molecular formula is C13H19N3O4S2. The van der Waals surface area contributed by atoms with E-state index in [1.165, 1.54) is 11.8 Å². The molecule has 22 heavy (non-hydrogen) atoms. The molecule has 0 unspecified atom stereocenters. The molecule has 1 aromatic heterocycles. The van der Waals surface area contributed by atoms with Crippen molar-refractivity contribution in [2.24, 2.45) is 0 Å². The van der Waals surface area contributed by atoms with Crippen molar-refractivity contribution in [1.29, 1.82) is 0 Å². The normalized spacial score (nSPS) is 25.1. The molecule has 1 amide bonds. The first-order valence-corrected chi connectivity index (χ1v) is 10.0. The standard InChI is InChI=1S/C13H19N3O4S2/c1-8(21-13-15-14-11(20-13)9-3-4-9)12(17)16(2)10-5-6-22(18,19)7-10/h8-10H,3-7H2,1-2H3/t8-,10+/m0/s1. The van der Waals surface area contributed by atoms with Crippen LogP contribution in [0.5, 0.6) is 0 Å². The van der Waals surface area contributed by atoms with Crippen LogP contribution in [0.15, 0.2) is 9.64 Å². The van der Waals surface area contributed by atoms with Crippen LogP contribution in [0.1, 0.15) is 38.0 Å². The van der Waals surface area contributed by atoms with Gasteiger partial charge in [0.1, 0.15) is 0 Å². The van der Waals surface area contributed by atoms with Crippen molar-refractivity contribution in [2.75, 3.05) is 18.6 Å². The lowest BCUT2D eigenvalue weighted by Gasteiger charge is -2.25. The molecule has 7 nitrogen and oxygen atoms in total. The molecule has 2 heterocycles. The van der Waals surface area contributed by atoms with Crippen molar-refractivity contribution in [3.8, 4) is 0 Å². The summed E-state index contributed by atoms with van der Waals surface area (Å²) in [6, 6.07) is -0.231. The Labute approximate surface area is 133 Å². The topological polar surface area (TPSA) is 93.4 Å². The summed E-state index contributed by atoms with van der Waals surface area (Å²) in [6.45, 7) is 1.77. The number of thioether (sulfide) groups is 1. The highest BCUT2D eigenvalue weighted by Gasteiger charge is 2.35. The lowest BCUT2D eigenvalue weighted by atomic mass is 10.2. The van der Waals surface area contributed by atoms with E-state index in [1.807, 2.05) is 0 Å². The monoisotopic (exact) mass is 345 g/mol. The average molecular weight is 345 g/mol. The summed E-state index contributed by atoms with van der Waals surface area (Å²) in [7, 11) is -1.34. The third kappa shape index (κ3) is 3.45. The number of nitrogens with zero attached hydrogens (tertiary/aromatic N) is 3. The molecule has 1 aliphatic heterocycles. The molecule has 2 atom stereocenters. The third-order valence-electron chi connectivity index (χ3n) is 4.08. The van der Waals surface area contributed by atoms with Crippen molar-refractivity contribution in [3.63, 3.8) is 0 Å². The Morgan fingerprint density at radius 1 is 1.36 bits per heavy atom. The second-order valence-corrected chi connectivity index (χ2v) is 9.47. The maximum absolute atomic E-state index is 12.4. The lowest BCUT2D eigenvalue weighted by Crippen LogP contribution is -2.41. The number of amides is 1. The second kappa shape index (κ2) is 5.84. The average Bonchev–Trinajstić information content (AvgIpc) is 3.11. The molecule has 1 saturated carbocycles. The van der Waals surface area contributed by atoms with Gasteiger partial charge in [0.2, 0.25) is 11.8 Å². The smallest absolute Gasteiger partial charge is 0.277 e. The van der Waals surface area contributed by atoms with Crippen LogP contribution in [0, 0.1) is 0 Å². The van der Waals surface area contributed by atoms with Crippen LogP contribution in [-0.4, -0.2) is 59.3 Å². The summed E-state index contributed by atoms with van der Waals surface area (Å²) < 4.78 is 28.6. The first kappa shape index (κ1) is 15.8. The summed E-state index contributed by atoms with van der Waals surface area (Å²) in [4.78, 5) is 14.0. The largest absolute Gasteiger partial charge is 0.416 e. The molecule has 0 N–H and O–H groups in total. The van der Waals surface area contributed by atoms with Gasteiger partial charge >= 0.3 is 0 Å². The predicted octanol–water partition coefficient (Wildman–Crippen LogP) is 1.07. The van der Waals surface area contributed by atoms with E-state index in [9.17, 15) is 13.2 Å². The Kier molecular flexibility index (Phi) is 4.19. The van der Waals surface area contributed by atoms with E-state index < -0.39 is 9.84 Å². The fraction of sp³-hybridized carbons (Fsp3) is 0.769. The van der Waals surface area contributed by atoms with Gasteiger partial charge in [-0.3, -0.25) is 4.79 Å². The first-order chi connectivity index (χ1) is 10.4. The maximum atomic E-state index is 12.4. The number of rotatable bonds is 5. The molecule has 0 bridgehead atoms. The highest BCUT2D eigenvalue weighted by Crippen LogP contribution is 2.40.